The molecule has 1 heterocycles. The first-order chi connectivity index (χ1) is 8.74. The summed E-state index contributed by atoms with van der Waals surface area (Å²) < 4.78 is 6.40. The zero-order valence-electron chi connectivity index (χ0n) is 10.4. The molecule has 2 aromatic rings. The van der Waals surface area contributed by atoms with Gasteiger partial charge in [-0.15, -0.1) is 0 Å². The minimum absolute atomic E-state index is 0.333. The summed E-state index contributed by atoms with van der Waals surface area (Å²) >= 11 is 5.33. The van der Waals surface area contributed by atoms with E-state index in [0.717, 1.165) is 16.6 Å². The zero-order chi connectivity index (χ0) is 13.0. The molecule has 4 heteroatoms. The van der Waals surface area contributed by atoms with Crippen molar-refractivity contribution in [3.63, 3.8) is 0 Å². The summed E-state index contributed by atoms with van der Waals surface area (Å²) in [7, 11) is 3.69. The molecule has 0 bridgehead atoms. The van der Waals surface area contributed by atoms with E-state index in [2.05, 4.69) is 44.1 Å². The Balaban J connectivity index is 2.21. The lowest BCUT2D eigenvalue weighted by Gasteiger charge is -2.16. The molecule has 1 N–H and O–H groups in total. The Morgan fingerprint density at radius 2 is 2.22 bits per heavy atom. The van der Waals surface area contributed by atoms with Crippen LogP contribution in [-0.4, -0.2) is 14.2 Å². The summed E-state index contributed by atoms with van der Waals surface area (Å²) in [4.78, 5) is 0. The Kier molecular flexibility index (Phi) is 4.80. The van der Waals surface area contributed by atoms with Gasteiger partial charge < -0.3 is 10.1 Å². The molecule has 2 rings (SSSR count). The van der Waals surface area contributed by atoms with Crippen molar-refractivity contribution in [2.45, 2.75) is 12.5 Å². The number of hydrogen-bond donors (Lipinski definition) is 1. The average molecular weight is 326 g/mol. The third-order valence-electron chi connectivity index (χ3n) is 2.97. The van der Waals surface area contributed by atoms with Gasteiger partial charge in [0.2, 0.25) is 0 Å². The molecule has 0 aliphatic heterocycles. The fourth-order valence-electron chi connectivity index (χ4n) is 1.91. The zero-order valence-corrected chi connectivity index (χ0v) is 12.8. The maximum atomic E-state index is 5.28. The molecule has 2 nitrogen and oxygen atoms in total. The van der Waals surface area contributed by atoms with Crippen molar-refractivity contribution in [1.82, 2.24) is 5.32 Å². The van der Waals surface area contributed by atoms with E-state index in [1.54, 1.807) is 18.4 Å². The number of methoxy groups -OCH3 is 1. The molecule has 1 aromatic carbocycles. The summed E-state index contributed by atoms with van der Waals surface area (Å²) in [6.07, 6.45) is 0.936. The summed E-state index contributed by atoms with van der Waals surface area (Å²) in [6, 6.07) is 8.58. The fourth-order valence-corrected chi connectivity index (χ4v) is 3.04. The fraction of sp³-hybridized carbons (Fsp3) is 0.286. The minimum Gasteiger partial charge on any atom is -0.497 e. The lowest BCUT2D eigenvalue weighted by Crippen LogP contribution is -2.18. The van der Waals surface area contributed by atoms with Gasteiger partial charge in [0.1, 0.15) is 5.75 Å². The van der Waals surface area contributed by atoms with Gasteiger partial charge in [0.25, 0.3) is 0 Å². The molecule has 0 aliphatic carbocycles. The normalized spacial score (nSPS) is 12.4. The molecule has 0 saturated carbocycles. The molecule has 1 atom stereocenters. The highest BCUT2D eigenvalue weighted by Gasteiger charge is 2.13. The SMILES string of the molecule is CNC(Cc1cc(OC)ccc1Br)c1ccsc1. The number of halogens is 1. The molecular weight excluding hydrogens is 310 g/mol. The van der Waals surface area contributed by atoms with Gasteiger partial charge in [-0.2, -0.15) is 11.3 Å². The van der Waals surface area contributed by atoms with Gasteiger partial charge in [0.05, 0.1) is 7.11 Å². The van der Waals surface area contributed by atoms with Crippen LogP contribution in [0.25, 0.3) is 0 Å². The molecule has 0 fully saturated rings. The summed E-state index contributed by atoms with van der Waals surface area (Å²) in [5, 5.41) is 7.66. The van der Waals surface area contributed by atoms with Crippen LogP contribution < -0.4 is 10.1 Å². The smallest absolute Gasteiger partial charge is 0.119 e. The Hall–Kier alpha value is -0.840. The minimum atomic E-state index is 0.333. The van der Waals surface area contributed by atoms with Crippen LogP contribution in [0.1, 0.15) is 17.2 Å². The van der Waals surface area contributed by atoms with E-state index in [1.807, 2.05) is 19.2 Å². The van der Waals surface area contributed by atoms with Gasteiger partial charge >= 0.3 is 0 Å². The van der Waals surface area contributed by atoms with Gasteiger partial charge in [0, 0.05) is 10.5 Å². The van der Waals surface area contributed by atoms with Crippen LogP contribution in [0.15, 0.2) is 39.5 Å². The molecule has 1 unspecified atom stereocenters. The third-order valence-corrected chi connectivity index (χ3v) is 4.45. The number of ether oxygens (including phenoxy) is 1. The molecule has 1 aromatic heterocycles. The van der Waals surface area contributed by atoms with Crippen LogP contribution in [0.5, 0.6) is 5.75 Å². The Labute approximate surface area is 120 Å². The summed E-state index contributed by atoms with van der Waals surface area (Å²) in [5.74, 6) is 0.897. The first kappa shape index (κ1) is 13.6. The van der Waals surface area contributed by atoms with Crippen molar-refractivity contribution in [1.29, 1.82) is 0 Å². The first-order valence-electron chi connectivity index (χ1n) is 5.76. The first-order valence-corrected chi connectivity index (χ1v) is 7.50. The van der Waals surface area contributed by atoms with E-state index in [1.165, 1.54) is 11.1 Å². The van der Waals surface area contributed by atoms with Crippen LogP contribution in [0.2, 0.25) is 0 Å². The van der Waals surface area contributed by atoms with Crippen molar-refractivity contribution in [2.75, 3.05) is 14.2 Å². The summed E-state index contributed by atoms with van der Waals surface area (Å²) in [5.41, 5.74) is 2.58. The quantitative estimate of drug-likeness (QED) is 0.896. The van der Waals surface area contributed by atoms with Gasteiger partial charge in [-0.05, 0) is 59.6 Å². The highest BCUT2D eigenvalue weighted by atomic mass is 79.9. The predicted octanol–water partition coefficient (Wildman–Crippen LogP) is 4.02. The van der Waals surface area contributed by atoms with Crippen molar-refractivity contribution in [3.05, 3.63) is 50.6 Å². The number of rotatable bonds is 5. The van der Waals surface area contributed by atoms with Crippen LogP contribution in [-0.2, 0) is 6.42 Å². The van der Waals surface area contributed by atoms with Gasteiger partial charge in [-0.1, -0.05) is 15.9 Å². The van der Waals surface area contributed by atoms with Crippen LogP contribution in [0.3, 0.4) is 0 Å². The predicted molar refractivity (Wildman–Crippen MR) is 80.5 cm³/mol. The van der Waals surface area contributed by atoms with Crippen molar-refractivity contribution >= 4 is 27.3 Å². The second-order valence-corrected chi connectivity index (χ2v) is 5.69. The molecule has 0 saturated heterocycles. The maximum absolute atomic E-state index is 5.28. The molecule has 18 heavy (non-hydrogen) atoms. The average Bonchev–Trinajstić information content (AvgIpc) is 2.91. The Morgan fingerprint density at radius 3 is 2.83 bits per heavy atom. The standard InChI is InChI=1S/C14H16BrNOS/c1-16-14(10-5-6-18-9-10)8-11-7-12(17-2)3-4-13(11)15/h3-7,9,14,16H,8H2,1-2H3. The highest BCUT2D eigenvalue weighted by Crippen LogP contribution is 2.28. The number of benzene rings is 1. The van der Waals surface area contributed by atoms with E-state index < -0.39 is 0 Å². The largest absolute Gasteiger partial charge is 0.497 e. The highest BCUT2D eigenvalue weighted by molar-refractivity contribution is 9.10. The van der Waals surface area contributed by atoms with Crippen LogP contribution in [0.4, 0.5) is 0 Å². The molecule has 0 amide bonds. The van der Waals surface area contributed by atoms with Gasteiger partial charge in [0.15, 0.2) is 0 Å². The van der Waals surface area contributed by atoms with Crippen molar-refractivity contribution in [3.8, 4) is 5.75 Å². The van der Waals surface area contributed by atoms with Gasteiger partial charge in [-0.3, -0.25) is 0 Å². The molecule has 0 radical (unpaired) electrons. The van der Waals surface area contributed by atoms with Crippen LogP contribution in [0, 0.1) is 0 Å². The Bertz CT molecular complexity index is 499. The Morgan fingerprint density at radius 1 is 1.39 bits per heavy atom. The summed E-state index contributed by atoms with van der Waals surface area (Å²) in [6.45, 7) is 0. The molecular formula is C14H16BrNOS. The van der Waals surface area contributed by atoms with Crippen molar-refractivity contribution in [2.24, 2.45) is 0 Å². The van der Waals surface area contributed by atoms with Crippen LogP contribution >= 0.6 is 27.3 Å². The van der Waals surface area contributed by atoms with E-state index in [4.69, 9.17) is 4.74 Å². The number of nitrogens with one attached hydrogen (secondary N) is 1. The third kappa shape index (κ3) is 3.13. The van der Waals surface area contributed by atoms with E-state index in [0.29, 0.717) is 6.04 Å². The maximum Gasteiger partial charge on any atom is 0.119 e. The lowest BCUT2D eigenvalue weighted by molar-refractivity contribution is 0.414. The second-order valence-electron chi connectivity index (χ2n) is 4.06. The van der Waals surface area contributed by atoms with E-state index in [-0.39, 0.29) is 0 Å². The van der Waals surface area contributed by atoms with E-state index >= 15 is 0 Å². The number of likely N-dealkylation sites (N-methyl/N-ethyl adjacent to an activating group) is 1. The topological polar surface area (TPSA) is 21.3 Å². The monoisotopic (exact) mass is 325 g/mol. The molecule has 0 aliphatic rings. The number of thiophene rings is 1. The second kappa shape index (κ2) is 6.36. The molecule has 96 valence electrons. The van der Waals surface area contributed by atoms with E-state index in [9.17, 15) is 0 Å². The molecule has 0 spiro atoms. The lowest BCUT2D eigenvalue weighted by atomic mass is 10.0. The number of hydrogen-bond acceptors (Lipinski definition) is 3. The van der Waals surface area contributed by atoms with Crippen molar-refractivity contribution < 1.29 is 4.74 Å². The van der Waals surface area contributed by atoms with Gasteiger partial charge in [-0.25, -0.2) is 0 Å².